The molecule has 7 heteroatoms. The van der Waals surface area contributed by atoms with Crippen LogP contribution in [0, 0.1) is 6.92 Å². The molecular weight excluding hydrogens is 458 g/mol. The number of nitrogens with one attached hydrogen (secondary N) is 2. The first-order valence-corrected chi connectivity index (χ1v) is 11.9. The van der Waals surface area contributed by atoms with Crippen LogP contribution in [-0.2, 0) is 13.0 Å². The summed E-state index contributed by atoms with van der Waals surface area (Å²) in [6.45, 7) is 3.44. The van der Waals surface area contributed by atoms with Crippen molar-refractivity contribution in [3.05, 3.63) is 83.6 Å². The van der Waals surface area contributed by atoms with Gasteiger partial charge in [-0.25, -0.2) is 0 Å². The number of H-pyrrole nitrogens is 1. The van der Waals surface area contributed by atoms with E-state index in [1.165, 1.54) is 16.6 Å². The molecule has 0 aliphatic carbocycles. The number of hydrogen-bond acceptors (Lipinski definition) is 4. The minimum Gasteiger partial charge on any atom is -0.493 e. The molecule has 0 saturated carbocycles. The molecule has 0 unspecified atom stereocenters. The van der Waals surface area contributed by atoms with Crippen LogP contribution in [0.5, 0.6) is 17.2 Å². The Labute approximate surface area is 211 Å². The Balaban J connectivity index is 1.62. The molecule has 3 aromatic carbocycles. The van der Waals surface area contributed by atoms with Gasteiger partial charge in [-0.2, -0.15) is 0 Å². The Morgan fingerprint density at radius 2 is 1.57 bits per heavy atom. The molecule has 2 N–H and O–H groups in total. The summed E-state index contributed by atoms with van der Waals surface area (Å²) in [5.74, 6) is 1.82. The molecular formula is C28H31N3O3S. The maximum atomic E-state index is 5.87. The summed E-state index contributed by atoms with van der Waals surface area (Å²) in [5, 5.41) is 5.29. The number of nitrogens with zero attached hydrogens (tertiary/aromatic N) is 1. The molecule has 1 aromatic heterocycles. The zero-order valence-corrected chi connectivity index (χ0v) is 21.4. The molecule has 4 aromatic rings. The first-order chi connectivity index (χ1) is 17.0. The Morgan fingerprint density at radius 3 is 2.23 bits per heavy atom. The minimum absolute atomic E-state index is 0.574. The van der Waals surface area contributed by atoms with E-state index in [9.17, 15) is 0 Å². The summed E-state index contributed by atoms with van der Waals surface area (Å²) in [4.78, 5) is 5.67. The fourth-order valence-electron chi connectivity index (χ4n) is 4.33. The molecule has 0 atom stereocenters. The topological polar surface area (TPSA) is 58.8 Å². The third-order valence-electron chi connectivity index (χ3n) is 6.07. The van der Waals surface area contributed by atoms with E-state index >= 15 is 0 Å². The predicted molar refractivity (Wildman–Crippen MR) is 146 cm³/mol. The lowest BCUT2D eigenvalue weighted by Gasteiger charge is -2.27. The van der Waals surface area contributed by atoms with Crippen LogP contribution in [0.3, 0.4) is 0 Å². The number of rotatable bonds is 9. The number of methoxy groups -OCH3 is 3. The number of benzene rings is 3. The summed E-state index contributed by atoms with van der Waals surface area (Å²) >= 11 is 5.87. The number of aromatic nitrogens is 1. The third kappa shape index (κ3) is 5.52. The van der Waals surface area contributed by atoms with E-state index in [0.717, 1.165) is 29.7 Å². The second-order valence-electron chi connectivity index (χ2n) is 8.28. The van der Waals surface area contributed by atoms with Crippen LogP contribution >= 0.6 is 12.2 Å². The first kappa shape index (κ1) is 24.4. The number of hydrogen-bond donors (Lipinski definition) is 2. The third-order valence-corrected chi connectivity index (χ3v) is 6.43. The van der Waals surface area contributed by atoms with Crippen molar-refractivity contribution >= 4 is 33.9 Å². The van der Waals surface area contributed by atoms with E-state index in [1.54, 1.807) is 21.3 Å². The van der Waals surface area contributed by atoms with Crippen LogP contribution in [0.1, 0.15) is 16.8 Å². The maximum absolute atomic E-state index is 5.87. The predicted octanol–water partition coefficient (Wildman–Crippen LogP) is 5.94. The molecule has 0 bridgehead atoms. The molecule has 4 rings (SSSR count). The van der Waals surface area contributed by atoms with Gasteiger partial charge >= 0.3 is 0 Å². The normalized spacial score (nSPS) is 10.7. The van der Waals surface area contributed by atoms with Crippen molar-refractivity contribution in [3.8, 4) is 17.2 Å². The van der Waals surface area contributed by atoms with Gasteiger partial charge < -0.3 is 29.4 Å². The number of aryl methyl sites for hydroxylation is 1. The van der Waals surface area contributed by atoms with Crippen LogP contribution in [0.25, 0.3) is 10.9 Å². The maximum Gasteiger partial charge on any atom is 0.203 e. The molecule has 0 spiro atoms. The average Bonchev–Trinajstić information content (AvgIpc) is 3.21. The zero-order chi connectivity index (χ0) is 24.8. The Hall–Kier alpha value is -3.71. The Morgan fingerprint density at radius 1 is 0.914 bits per heavy atom. The molecule has 35 heavy (non-hydrogen) atoms. The first-order valence-electron chi connectivity index (χ1n) is 11.5. The minimum atomic E-state index is 0.574. The van der Waals surface area contributed by atoms with E-state index in [2.05, 4.69) is 46.4 Å². The van der Waals surface area contributed by atoms with Crippen molar-refractivity contribution in [1.29, 1.82) is 0 Å². The fraction of sp³-hybridized carbons (Fsp3) is 0.250. The van der Waals surface area contributed by atoms with Crippen molar-refractivity contribution in [1.82, 2.24) is 9.88 Å². The molecule has 0 amide bonds. The number of fused-ring (bicyclic) bond motifs is 1. The lowest BCUT2D eigenvalue weighted by molar-refractivity contribution is 0.322. The van der Waals surface area contributed by atoms with Gasteiger partial charge in [0.05, 0.1) is 21.3 Å². The monoisotopic (exact) mass is 489 g/mol. The summed E-state index contributed by atoms with van der Waals surface area (Å²) < 4.78 is 16.6. The highest BCUT2D eigenvalue weighted by molar-refractivity contribution is 7.80. The second kappa shape index (κ2) is 11.1. The number of aromatic amines is 1. The van der Waals surface area contributed by atoms with E-state index in [4.69, 9.17) is 26.4 Å². The second-order valence-corrected chi connectivity index (χ2v) is 8.66. The lowest BCUT2D eigenvalue weighted by Crippen LogP contribution is -2.36. The highest BCUT2D eigenvalue weighted by Gasteiger charge is 2.18. The SMILES string of the molecule is COc1cc(CN(CCc2c(C)[nH]c3ccccc23)C(=S)Nc2ccccc2)cc(OC)c1OC. The van der Waals surface area contributed by atoms with Gasteiger partial charge in [0.25, 0.3) is 0 Å². The van der Waals surface area contributed by atoms with Crippen LogP contribution in [-0.4, -0.2) is 42.9 Å². The number of ether oxygens (including phenoxy) is 3. The Kier molecular flexibility index (Phi) is 7.77. The lowest BCUT2D eigenvalue weighted by atomic mass is 10.1. The quantitative estimate of drug-likeness (QED) is 0.284. The van der Waals surface area contributed by atoms with Crippen LogP contribution in [0.2, 0.25) is 0 Å². The van der Waals surface area contributed by atoms with E-state index in [1.807, 2.05) is 42.5 Å². The molecule has 0 aliphatic rings. The number of anilines is 1. The van der Waals surface area contributed by atoms with Gasteiger partial charge in [-0.15, -0.1) is 0 Å². The molecule has 0 radical (unpaired) electrons. The molecule has 1 heterocycles. The molecule has 182 valence electrons. The average molecular weight is 490 g/mol. The fourth-order valence-corrected chi connectivity index (χ4v) is 4.60. The van der Waals surface area contributed by atoms with Gasteiger partial charge in [0.1, 0.15) is 0 Å². The number of thiocarbonyl (C=S) groups is 1. The van der Waals surface area contributed by atoms with Gasteiger partial charge in [0.15, 0.2) is 16.6 Å². The van der Waals surface area contributed by atoms with Crippen molar-refractivity contribution in [2.24, 2.45) is 0 Å². The highest BCUT2D eigenvalue weighted by Crippen LogP contribution is 2.38. The molecule has 0 saturated heterocycles. The van der Waals surface area contributed by atoms with Crippen molar-refractivity contribution in [3.63, 3.8) is 0 Å². The van der Waals surface area contributed by atoms with E-state index < -0.39 is 0 Å². The van der Waals surface area contributed by atoms with Crippen LogP contribution in [0.15, 0.2) is 66.7 Å². The zero-order valence-electron chi connectivity index (χ0n) is 20.6. The van der Waals surface area contributed by atoms with Crippen molar-refractivity contribution < 1.29 is 14.2 Å². The summed E-state index contributed by atoms with van der Waals surface area (Å²) in [6.07, 6.45) is 0.844. The standard InChI is InChI=1S/C28H31N3O3S/c1-19-22(23-12-8-9-13-24(23)29-19)14-15-31(28(35)30-21-10-6-5-7-11-21)18-20-16-25(32-2)27(34-4)26(17-20)33-3/h5-13,16-17,29H,14-15,18H2,1-4H3,(H,30,35). The summed E-state index contributed by atoms with van der Waals surface area (Å²) in [6, 6.07) is 22.3. The van der Waals surface area contributed by atoms with Gasteiger partial charge in [-0.3, -0.25) is 0 Å². The van der Waals surface area contributed by atoms with Gasteiger partial charge in [0.2, 0.25) is 5.75 Å². The molecule has 0 aliphatic heterocycles. The highest BCUT2D eigenvalue weighted by atomic mass is 32.1. The van der Waals surface area contributed by atoms with Crippen LogP contribution < -0.4 is 19.5 Å². The Bertz CT molecular complexity index is 1280. The number of para-hydroxylation sites is 2. The van der Waals surface area contributed by atoms with Crippen molar-refractivity contribution in [2.45, 2.75) is 19.9 Å². The smallest absolute Gasteiger partial charge is 0.203 e. The molecule has 0 fully saturated rings. The van der Waals surface area contributed by atoms with Crippen LogP contribution in [0.4, 0.5) is 5.69 Å². The van der Waals surface area contributed by atoms with E-state index in [0.29, 0.717) is 28.9 Å². The van der Waals surface area contributed by atoms with Gasteiger partial charge in [-0.1, -0.05) is 36.4 Å². The van der Waals surface area contributed by atoms with Gasteiger partial charge in [-0.05, 0) is 67.0 Å². The summed E-state index contributed by atoms with van der Waals surface area (Å²) in [5.41, 5.74) is 5.60. The van der Waals surface area contributed by atoms with Gasteiger partial charge in [0, 0.05) is 35.4 Å². The molecule has 6 nitrogen and oxygen atoms in total. The van der Waals surface area contributed by atoms with Crippen molar-refractivity contribution in [2.75, 3.05) is 33.2 Å². The largest absolute Gasteiger partial charge is 0.493 e. The summed E-state index contributed by atoms with van der Waals surface area (Å²) in [7, 11) is 4.86. The van der Waals surface area contributed by atoms with E-state index in [-0.39, 0.29) is 0 Å².